The molecule has 0 aromatic rings. The molecule has 8 heavy (non-hydrogen) atoms. The Morgan fingerprint density at radius 3 is 2.25 bits per heavy atom. The van der Waals surface area contributed by atoms with E-state index in [1.165, 1.54) is 0 Å². The van der Waals surface area contributed by atoms with Crippen molar-refractivity contribution >= 4 is 13.8 Å². The Labute approximate surface area is 45.5 Å². The molecule has 0 bridgehead atoms. The van der Waals surface area contributed by atoms with Crippen molar-refractivity contribution < 1.29 is 23.7 Å². The second-order valence-corrected chi connectivity index (χ2v) is 2.17. The largest absolute Gasteiger partial charge is 0.746 e. The van der Waals surface area contributed by atoms with Crippen LogP contribution in [0.4, 0.5) is 0 Å². The lowest BCUT2D eigenvalue weighted by Gasteiger charge is -2.12. The van der Waals surface area contributed by atoms with Crippen LogP contribution in [-0.4, -0.2) is 10.9 Å². The van der Waals surface area contributed by atoms with Gasteiger partial charge in [-0.2, -0.15) is 0 Å². The Bertz CT molecular complexity index is 133. The van der Waals surface area contributed by atoms with Gasteiger partial charge in [0.15, 0.2) is 0 Å². The molecule has 0 aliphatic heterocycles. The number of hydrogen-bond donors (Lipinski definition) is 1. The summed E-state index contributed by atoms with van der Waals surface area (Å²) in [5, 5.41) is 0. The maximum absolute atomic E-state index is 9.70. The highest BCUT2D eigenvalue weighted by atomic mass is 31.2. The van der Waals surface area contributed by atoms with Crippen molar-refractivity contribution in [2.24, 2.45) is 0 Å². The maximum Gasteiger partial charge on any atom is 0.319 e. The first-order valence-electron chi connectivity index (χ1n) is 1.66. The highest BCUT2D eigenvalue weighted by Gasteiger charge is 2.03. The molecule has 0 heterocycles. The average molecular weight is 139 g/mol. The minimum absolute atomic E-state index is 0.876. The van der Waals surface area contributed by atoms with Gasteiger partial charge in [-0.25, -0.2) is 0 Å². The normalized spacial score (nSPS) is 16.9. The van der Waals surface area contributed by atoms with Crippen LogP contribution in [0, 0.1) is 0 Å². The topological polar surface area (TPSA) is 86.7 Å². The van der Waals surface area contributed by atoms with Crippen molar-refractivity contribution in [3.05, 3.63) is 0 Å². The molecule has 1 N–H and O–H groups in total. The zero-order chi connectivity index (χ0) is 6.78. The molecule has 5 nitrogen and oxygen atoms in total. The van der Waals surface area contributed by atoms with Gasteiger partial charge in [0.1, 0.15) is 0 Å². The number of phosphoric ester groups is 1. The zero-order valence-electron chi connectivity index (χ0n) is 4.03. The van der Waals surface area contributed by atoms with Crippen LogP contribution in [-0.2, 0) is 13.9 Å². The number of rotatable bonds is 1. The first-order valence-corrected chi connectivity index (χ1v) is 3.15. The van der Waals surface area contributed by atoms with Gasteiger partial charge < -0.3 is 14.3 Å². The van der Waals surface area contributed by atoms with Gasteiger partial charge in [-0.05, 0) is 0 Å². The molecule has 0 aromatic carbocycles. The summed E-state index contributed by atoms with van der Waals surface area (Å²) < 4.78 is 12.9. The lowest BCUT2D eigenvalue weighted by molar-refractivity contribution is -0.218. The van der Waals surface area contributed by atoms with E-state index in [1.54, 1.807) is 0 Å². The van der Waals surface area contributed by atoms with Crippen LogP contribution in [0.3, 0.4) is 0 Å². The SMILES string of the molecule is CC(=O)OP(=O)([O-])O. The molecule has 0 spiro atoms. The molecule has 0 amide bonds. The number of hydrogen-bond acceptors (Lipinski definition) is 4. The van der Waals surface area contributed by atoms with E-state index in [9.17, 15) is 14.3 Å². The summed E-state index contributed by atoms with van der Waals surface area (Å²) in [6, 6.07) is 0. The van der Waals surface area contributed by atoms with Gasteiger partial charge in [-0.1, -0.05) is 0 Å². The second kappa shape index (κ2) is 2.26. The van der Waals surface area contributed by atoms with Crippen LogP contribution in [0.2, 0.25) is 0 Å². The van der Waals surface area contributed by atoms with Gasteiger partial charge in [0.2, 0.25) is 0 Å². The molecule has 0 aliphatic carbocycles. The molecule has 0 saturated heterocycles. The van der Waals surface area contributed by atoms with Crippen LogP contribution in [0.5, 0.6) is 0 Å². The molecule has 6 heteroatoms. The third-order valence-electron chi connectivity index (χ3n) is 0.244. The quantitative estimate of drug-likeness (QED) is 0.471. The van der Waals surface area contributed by atoms with E-state index < -0.39 is 13.8 Å². The molecule has 0 fully saturated rings. The van der Waals surface area contributed by atoms with Crippen LogP contribution in [0.1, 0.15) is 6.92 Å². The highest BCUT2D eigenvalue weighted by Crippen LogP contribution is 2.29. The minimum Gasteiger partial charge on any atom is -0.746 e. The van der Waals surface area contributed by atoms with Gasteiger partial charge >= 0.3 is 13.8 Å². The highest BCUT2D eigenvalue weighted by molar-refractivity contribution is 7.45. The van der Waals surface area contributed by atoms with E-state index >= 15 is 0 Å². The van der Waals surface area contributed by atoms with E-state index in [0.717, 1.165) is 6.92 Å². The Hall–Kier alpha value is -0.380. The van der Waals surface area contributed by atoms with Crippen molar-refractivity contribution in [3.63, 3.8) is 0 Å². The summed E-state index contributed by atoms with van der Waals surface area (Å²) in [7, 11) is -4.82. The Morgan fingerprint density at radius 2 is 2.25 bits per heavy atom. The molecule has 0 aliphatic rings. The fourth-order valence-electron chi connectivity index (χ4n) is 0.162. The van der Waals surface area contributed by atoms with Gasteiger partial charge in [0.25, 0.3) is 0 Å². The summed E-state index contributed by atoms with van der Waals surface area (Å²) in [5.41, 5.74) is 0. The van der Waals surface area contributed by atoms with Crippen molar-refractivity contribution in [1.29, 1.82) is 0 Å². The first-order chi connectivity index (χ1) is 3.42. The van der Waals surface area contributed by atoms with Crippen LogP contribution >= 0.6 is 7.82 Å². The van der Waals surface area contributed by atoms with Crippen LogP contribution in [0.25, 0.3) is 0 Å². The molecule has 0 rings (SSSR count). The summed E-state index contributed by atoms with van der Waals surface area (Å²) >= 11 is 0. The van der Waals surface area contributed by atoms with Crippen molar-refractivity contribution in [1.82, 2.24) is 0 Å². The Kier molecular flexibility index (Phi) is 2.15. The van der Waals surface area contributed by atoms with E-state index in [4.69, 9.17) is 4.89 Å². The number of carbonyl (C=O) groups excluding carboxylic acids is 1. The van der Waals surface area contributed by atoms with Crippen LogP contribution < -0.4 is 4.89 Å². The van der Waals surface area contributed by atoms with Gasteiger partial charge in [-0.3, -0.25) is 9.36 Å². The van der Waals surface area contributed by atoms with E-state index in [1.807, 2.05) is 0 Å². The van der Waals surface area contributed by atoms with E-state index in [0.29, 0.717) is 0 Å². The molecule has 0 aromatic heterocycles. The molecular formula is C2H4O5P-. The Balaban J connectivity index is 3.74. The summed E-state index contributed by atoms with van der Waals surface area (Å²) in [6.07, 6.45) is 0. The van der Waals surface area contributed by atoms with Gasteiger partial charge in [-0.15, -0.1) is 0 Å². The smallest absolute Gasteiger partial charge is 0.319 e. The fourth-order valence-corrected chi connectivity index (χ4v) is 0.487. The number of carbonyl (C=O) groups is 1. The van der Waals surface area contributed by atoms with E-state index in [2.05, 4.69) is 4.52 Å². The molecular weight excluding hydrogens is 135 g/mol. The molecule has 0 saturated carbocycles. The molecule has 1 unspecified atom stereocenters. The summed E-state index contributed by atoms with van der Waals surface area (Å²) in [6.45, 7) is 0.876. The van der Waals surface area contributed by atoms with Crippen LogP contribution in [0.15, 0.2) is 0 Å². The molecule has 0 radical (unpaired) electrons. The lowest BCUT2D eigenvalue weighted by Crippen LogP contribution is -2.06. The first kappa shape index (κ1) is 7.62. The second-order valence-electron chi connectivity index (χ2n) is 1.05. The third-order valence-corrected chi connectivity index (χ3v) is 0.732. The zero-order valence-corrected chi connectivity index (χ0v) is 4.92. The lowest BCUT2D eigenvalue weighted by atomic mass is 10.9. The van der Waals surface area contributed by atoms with Gasteiger partial charge in [0, 0.05) is 6.92 Å². The standard InChI is InChI=1S/C2H5O5P/c1-2(3)7-8(4,5)6/h1H3,(H2,4,5,6)/p-1. The number of phosphoric acid groups is 1. The average Bonchev–Trinajstić information content (AvgIpc) is 1.21. The summed E-state index contributed by atoms with van der Waals surface area (Å²) in [5.74, 6) is -1.05. The van der Waals surface area contributed by atoms with Crippen molar-refractivity contribution in [2.45, 2.75) is 6.92 Å². The monoisotopic (exact) mass is 139 g/mol. The summed E-state index contributed by atoms with van der Waals surface area (Å²) in [4.78, 5) is 27.0. The molecule has 48 valence electrons. The Morgan fingerprint density at radius 1 is 1.88 bits per heavy atom. The fraction of sp³-hybridized carbons (Fsp3) is 0.500. The molecule has 1 atom stereocenters. The van der Waals surface area contributed by atoms with Crippen molar-refractivity contribution in [2.75, 3.05) is 0 Å². The predicted octanol–water partition coefficient (Wildman–Crippen LogP) is -0.990. The maximum atomic E-state index is 9.70. The minimum atomic E-state index is -4.82. The van der Waals surface area contributed by atoms with Crippen molar-refractivity contribution in [3.8, 4) is 0 Å². The third kappa shape index (κ3) is 5.62. The predicted molar refractivity (Wildman–Crippen MR) is 21.6 cm³/mol. The van der Waals surface area contributed by atoms with E-state index in [-0.39, 0.29) is 0 Å². The van der Waals surface area contributed by atoms with Gasteiger partial charge in [0.05, 0.1) is 0 Å².